The first kappa shape index (κ1) is 9.82. The number of furan rings is 1. The van der Waals surface area contributed by atoms with Crippen LogP contribution in [0, 0.1) is 17.2 Å². The molecule has 0 bridgehead atoms. The van der Waals surface area contributed by atoms with Gasteiger partial charge >= 0.3 is 0 Å². The number of nitrogens with zero attached hydrogens (tertiary/aromatic N) is 1. The van der Waals surface area contributed by atoms with Crippen molar-refractivity contribution in [1.29, 1.82) is 5.26 Å². The summed E-state index contributed by atoms with van der Waals surface area (Å²) in [5.41, 5.74) is 0. The van der Waals surface area contributed by atoms with Crippen molar-refractivity contribution in [3.63, 3.8) is 0 Å². The Labute approximate surface area is 78.4 Å². The molecule has 3 heteroatoms. The Morgan fingerprint density at radius 2 is 2.54 bits per heavy atom. The number of hydrogen-bond donors (Lipinski definition) is 1. The summed E-state index contributed by atoms with van der Waals surface area (Å²) in [6.07, 6.45) is 2.55. The first-order valence-corrected chi connectivity index (χ1v) is 4.45. The van der Waals surface area contributed by atoms with Gasteiger partial charge in [0.15, 0.2) is 0 Å². The molecule has 1 N–H and O–H groups in total. The average Bonchev–Trinajstić information content (AvgIpc) is 2.64. The molecule has 0 aliphatic heterocycles. The van der Waals surface area contributed by atoms with Crippen LogP contribution in [0.3, 0.4) is 0 Å². The predicted molar refractivity (Wildman–Crippen MR) is 50.1 cm³/mol. The van der Waals surface area contributed by atoms with Crippen LogP contribution in [0.15, 0.2) is 22.8 Å². The number of rotatable bonds is 5. The SMILES string of the molecule is CC(C#N)CNCCc1ccco1. The van der Waals surface area contributed by atoms with Gasteiger partial charge in [-0.15, -0.1) is 0 Å². The fourth-order valence-electron chi connectivity index (χ4n) is 1.03. The molecular weight excluding hydrogens is 164 g/mol. The van der Waals surface area contributed by atoms with Crippen LogP contribution in [0.25, 0.3) is 0 Å². The van der Waals surface area contributed by atoms with Gasteiger partial charge in [0.25, 0.3) is 0 Å². The van der Waals surface area contributed by atoms with E-state index in [-0.39, 0.29) is 5.92 Å². The van der Waals surface area contributed by atoms with E-state index in [9.17, 15) is 0 Å². The topological polar surface area (TPSA) is 49.0 Å². The molecule has 0 saturated carbocycles. The Hall–Kier alpha value is -1.27. The third-order valence-electron chi connectivity index (χ3n) is 1.80. The molecule has 0 aliphatic rings. The molecule has 1 heterocycles. The molecule has 0 saturated heterocycles. The zero-order valence-corrected chi connectivity index (χ0v) is 7.79. The minimum absolute atomic E-state index is 0.0802. The first-order valence-electron chi connectivity index (χ1n) is 4.45. The molecule has 3 nitrogen and oxygen atoms in total. The number of nitrogens with one attached hydrogen (secondary N) is 1. The summed E-state index contributed by atoms with van der Waals surface area (Å²) in [6.45, 7) is 3.51. The Balaban J connectivity index is 2.06. The quantitative estimate of drug-likeness (QED) is 0.696. The molecule has 1 aromatic heterocycles. The van der Waals surface area contributed by atoms with Crippen molar-refractivity contribution in [2.45, 2.75) is 13.3 Å². The summed E-state index contributed by atoms with van der Waals surface area (Å²) >= 11 is 0. The minimum Gasteiger partial charge on any atom is -0.469 e. The molecule has 1 rings (SSSR count). The molecule has 70 valence electrons. The number of nitriles is 1. The van der Waals surface area contributed by atoms with Gasteiger partial charge in [0.2, 0.25) is 0 Å². The van der Waals surface area contributed by atoms with Gasteiger partial charge in [0, 0.05) is 19.5 Å². The largest absolute Gasteiger partial charge is 0.469 e. The lowest BCUT2D eigenvalue weighted by molar-refractivity contribution is 0.494. The zero-order valence-electron chi connectivity index (χ0n) is 7.79. The average molecular weight is 178 g/mol. The van der Waals surface area contributed by atoms with Crippen LogP contribution in [0.1, 0.15) is 12.7 Å². The molecule has 0 amide bonds. The van der Waals surface area contributed by atoms with Gasteiger partial charge < -0.3 is 9.73 Å². The van der Waals surface area contributed by atoms with E-state index in [2.05, 4.69) is 11.4 Å². The molecule has 0 aliphatic carbocycles. The monoisotopic (exact) mass is 178 g/mol. The summed E-state index contributed by atoms with van der Waals surface area (Å²) in [7, 11) is 0. The van der Waals surface area contributed by atoms with Gasteiger partial charge in [-0.05, 0) is 19.1 Å². The molecule has 0 fully saturated rings. The van der Waals surface area contributed by atoms with E-state index in [4.69, 9.17) is 9.68 Å². The normalized spacial score (nSPS) is 12.3. The smallest absolute Gasteiger partial charge is 0.105 e. The van der Waals surface area contributed by atoms with Gasteiger partial charge in [-0.1, -0.05) is 0 Å². The van der Waals surface area contributed by atoms with Gasteiger partial charge in [0.1, 0.15) is 5.76 Å². The Morgan fingerprint density at radius 3 is 3.15 bits per heavy atom. The van der Waals surface area contributed by atoms with E-state index in [1.165, 1.54) is 0 Å². The first-order chi connectivity index (χ1) is 6.33. The Morgan fingerprint density at radius 1 is 1.69 bits per heavy atom. The number of hydrogen-bond acceptors (Lipinski definition) is 3. The van der Waals surface area contributed by atoms with Crippen molar-refractivity contribution in [2.24, 2.45) is 5.92 Å². The fourth-order valence-corrected chi connectivity index (χ4v) is 1.03. The lowest BCUT2D eigenvalue weighted by Gasteiger charge is -2.03. The third-order valence-corrected chi connectivity index (χ3v) is 1.80. The lowest BCUT2D eigenvalue weighted by Crippen LogP contribution is -2.22. The van der Waals surface area contributed by atoms with Crippen molar-refractivity contribution >= 4 is 0 Å². The van der Waals surface area contributed by atoms with E-state index >= 15 is 0 Å². The second-order valence-corrected chi connectivity index (χ2v) is 3.06. The van der Waals surface area contributed by atoms with Crippen LogP contribution in [-0.4, -0.2) is 13.1 Å². The summed E-state index contributed by atoms with van der Waals surface area (Å²) in [4.78, 5) is 0. The highest BCUT2D eigenvalue weighted by molar-refractivity contribution is 4.98. The maximum atomic E-state index is 8.51. The van der Waals surface area contributed by atoms with Crippen LogP contribution >= 0.6 is 0 Å². The van der Waals surface area contributed by atoms with E-state index < -0.39 is 0 Å². The molecule has 0 aromatic carbocycles. The van der Waals surface area contributed by atoms with Crippen LogP contribution in [-0.2, 0) is 6.42 Å². The van der Waals surface area contributed by atoms with Crippen molar-refractivity contribution < 1.29 is 4.42 Å². The summed E-state index contributed by atoms with van der Waals surface area (Å²) in [6, 6.07) is 6.01. The standard InChI is InChI=1S/C10H14N2O/c1-9(7-11)8-12-5-4-10-3-2-6-13-10/h2-3,6,9,12H,4-5,8H2,1H3. The summed E-state index contributed by atoms with van der Waals surface area (Å²) < 4.78 is 5.16. The van der Waals surface area contributed by atoms with Gasteiger partial charge in [-0.2, -0.15) is 5.26 Å². The van der Waals surface area contributed by atoms with E-state index in [1.54, 1.807) is 6.26 Å². The third kappa shape index (κ3) is 3.77. The second-order valence-electron chi connectivity index (χ2n) is 3.06. The molecule has 13 heavy (non-hydrogen) atoms. The second kappa shape index (κ2) is 5.39. The molecule has 0 radical (unpaired) electrons. The predicted octanol–water partition coefficient (Wildman–Crippen LogP) is 1.57. The van der Waals surface area contributed by atoms with E-state index in [0.29, 0.717) is 0 Å². The highest BCUT2D eigenvalue weighted by atomic mass is 16.3. The van der Waals surface area contributed by atoms with Crippen LogP contribution in [0.5, 0.6) is 0 Å². The van der Waals surface area contributed by atoms with E-state index in [0.717, 1.165) is 25.3 Å². The maximum Gasteiger partial charge on any atom is 0.105 e. The van der Waals surface area contributed by atoms with Crippen molar-refractivity contribution in [2.75, 3.05) is 13.1 Å². The summed E-state index contributed by atoms with van der Waals surface area (Å²) in [5.74, 6) is 1.06. The highest BCUT2D eigenvalue weighted by Gasteiger charge is 1.98. The Kier molecular flexibility index (Phi) is 4.07. The lowest BCUT2D eigenvalue weighted by atomic mass is 10.2. The van der Waals surface area contributed by atoms with Gasteiger partial charge in [-0.3, -0.25) is 0 Å². The van der Waals surface area contributed by atoms with Crippen LogP contribution < -0.4 is 5.32 Å². The highest BCUT2D eigenvalue weighted by Crippen LogP contribution is 1.99. The zero-order chi connectivity index (χ0) is 9.52. The van der Waals surface area contributed by atoms with E-state index in [1.807, 2.05) is 19.1 Å². The van der Waals surface area contributed by atoms with Crippen LogP contribution in [0.2, 0.25) is 0 Å². The maximum absolute atomic E-state index is 8.51. The molecule has 1 aromatic rings. The van der Waals surface area contributed by atoms with Crippen LogP contribution in [0.4, 0.5) is 0 Å². The van der Waals surface area contributed by atoms with Crippen molar-refractivity contribution in [3.8, 4) is 6.07 Å². The molecule has 0 spiro atoms. The molecule has 1 unspecified atom stereocenters. The molecular formula is C10H14N2O. The van der Waals surface area contributed by atoms with Gasteiger partial charge in [-0.25, -0.2) is 0 Å². The van der Waals surface area contributed by atoms with Crippen molar-refractivity contribution in [1.82, 2.24) is 5.32 Å². The Bertz CT molecular complexity index is 261. The van der Waals surface area contributed by atoms with Gasteiger partial charge in [0.05, 0.1) is 18.3 Å². The summed E-state index contributed by atoms with van der Waals surface area (Å²) in [5, 5.41) is 11.7. The fraction of sp³-hybridized carbons (Fsp3) is 0.500. The molecule has 1 atom stereocenters. The minimum atomic E-state index is 0.0802. The van der Waals surface area contributed by atoms with Crippen molar-refractivity contribution in [3.05, 3.63) is 24.2 Å².